The molecule has 16 nitrogen and oxygen atoms in total. The Morgan fingerprint density at radius 3 is 2.57 bits per heavy atom. The van der Waals surface area contributed by atoms with Gasteiger partial charge in [0.2, 0.25) is 23.5 Å². The number of aryl methyl sites for hydroxylation is 2. The van der Waals surface area contributed by atoms with Gasteiger partial charge in [0, 0.05) is 76.2 Å². The molecule has 7 heterocycles. The Hall–Kier alpha value is -5.59. The number of pyridine rings is 1. The van der Waals surface area contributed by atoms with E-state index in [1.807, 2.05) is 23.9 Å². The number of amides is 2. The lowest BCUT2D eigenvalue weighted by molar-refractivity contribution is -0.134. The zero-order valence-corrected chi connectivity index (χ0v) is 35.9. The third-order valence-corrected chi connectivity index (χ3v) is 13.9. The number of carbonyl (C=O) groups is 2. The minimum absolute atomic E-state index is 0.0195. The second-order valence-electron chi connectivity index (χ2n) is 17.7. The summed E-state index contributed by atoms with van der Waals surface area (Å²) in [6.07, 6.45) is 5.49. The van der Waals surface area contributed by atoms with E-state index in [9.17, 15) is 19.5 Å². The maximum atomic E-state index is 15.2. The van der Waals surface area contributed by atoms with Gasteiger partial charge in [0.1, 0.15) is 5.02 Å². The van der Waals surface area contributed by atoms with E-state index in [0.717, 1.165) is 62.2 Å². The summed E-state index contributed by atoms with van der Waals surface area (Å²) in [5.41, 5.74) is 3.56. The van der Waals surface area contributed by atoms with E-state index in [2.05, 4.69) is 41.7 Å². The first kappa shape index (κ1) is 41.4. The number of piperazine rings is 1. The molecule has 1 unspecified atom stereocenters. The molecule has 4 fully saturated rings. The molecule has 0 bridgehead atoms. The number of piperidine rings is 2. The van der Waals surface area contributed by atoms with Crippen molar-refractivity contribution in [2.45, 2.75) is 62.4 Å². The highest BCUT2D eigenvalue weighted by molar-refractivity contribution is 6.33. The molecule has 63 heavy (non-hydrogen) atoms. The predicted molar refractivity (Wildman–Crippen MR) is 236 cm³/mol. The Kier molecular flexibility index (Phi) is 10.6. The smallest absolute Gasteiger partial charge is 0.301 e. The molecule has 10 rings (SSSR count). The minimum Gasteiger partial charge on any atom is -0.480 e. The number of rotatable bonds is 9. The van der Waals surface area contributed by atoms with E-state index >= 15 is 8.78 Å². The summed E-state index contributed by atoms with van der Waals surface area (Å²) in [6.45, 7) is 3.66. The van der Waals surface area contributed by atoms with Gasteiger partial charge in [0.25, 0.3) is 5.56 Å². The van der Waals surface area contributed by atoms with Crippen LogP contribution in [-0.4, -0.2) is 117 Å². The summed E-state index contributed by atoms with van der Waals surface area (Å²) < 4.78 is 39.1. The van der Waals surface area contributed by atoms with E-state index in [0.29, 0.717) is 70.8 Å². The molecule has 332 valence electrons. The van der Waals surface area contributed by atoms with Gasteiger partial charge in [-0.3, -0.25) is 29.3 Å². The van der Waals surface area contributed by atoms with Gasteiger partial charge in [-0.05, 0) is 68.2 Å². The highest BCUT2D eigenvalue weighted by Crippen LogP contribution is 2.46. The van der Waals surface area contributed by atoms with Crippen LogP contribution in [0.15, 0.2) is 47.4 Å². The molecule has 0 spiro atoms. The molecule has 19 heteroatoms. The number of hydrogen-bond acceptors (Lipinski definition) is 13. The first-order valence-electron chi connectivity index (χ1n) is 21.7. The largest absolute Gasteiger partial charge is 0.480 e. The number of hydrogen-bond donors (Lipinski definition) is 4. The zero-order chi connectivity index (χ0) is 43.7. The molecule has 3 saturated heterocycles. The molecule has 1 saturated carbocycles. The molecule has 3 atom stereocenters. The Morgan fingerprint density at radius 2 is 1.81 bits per heavy atom. The fourth-order valence-electron chi connectivity index (χ4n) is 10.0. The zero-order valence-electron chi connectivity index (χ0n) is 35.1. The Balaban J connectivity index is 0.797. The number of alkyl halides is 2. The lowest BCUT2D eigenvalue weighted by Crippen LogP contribution is -2.56. The standard InChI is InChI=1S/C44H50ClF2N11O5/c1-54-32-10-8-26(18-30(32)36-38(42(54)62)63-23-44(46,47)39(51-36)25-6-7-25)49-40-31(45)19-48-43(52-40)56-14-12-24(13-15-56)20-57-16-17-58(21-27(57)22-59)33-5-3-4-28-35(53-55(2)37(28)33)29-9-11-34(60)50-41(29)61/h3-5,8,10,18-19,24-25,27,29,39,51,59H,6-7,9,11-17,20-23H2,1-2H3,(H,48,49,52)(H,50,60,61)/t27-,29?,39-/m0/s1. The average Bonchev–Trinajstić information content (AvgIpc) is 4.08. The van der Waals surface area contributed by atoms with Crippen LogP contribution in [0.2, 0.25) is 5.02 Å². The maximum absolute atomic E-state index is 15.2. The van der Waals surface area contributed by atoms with Crippen LogP contribution in [0.25, 0.3) is 21.8 Å². The number of aliphatic hydroxyl groups is 1. The van der Waals surface area contributed by atoms with Crippen LogP contribution < -0.4 is 36.0 Å². The van der Waals surface area contributed by atoms with Crippen molar-refractivity contribution < 1.29 is 28.2 Å². The van der Waals surface area contributed by atoms with Crippen molar-refractivity contribution in [3.63, 3.8) is 0 Å². The Morgan fingerprint density at radius 1 is 1.00 bits per heavy atom. The summed E-state index contributed by atoms with van der Waals surface area (Å²) in [7, 11) is 3.48. The summed E-state index contributed by atoms with van der Waals surface area (Å²) in [6, 6.07) is 10.2. The predicted octanol–water partition coefficient (Wildman–Crippen LogP) is 4.75. The summed E-state index contributed by atoms with van der Waals surface area (Å²) in [5, 5.41) is 26.0. The fourth-order valence-corrected chi connectivity index (χ4v) is 10.1. The van der Waals surface area contributed by atoms with Crippen molar-refractivity contribution in [1.29, 1.82) is 0 Å². The maximum Gasteiger partial charge on any atom is 0.301 e. The van der Waals surface area contributed by atoms with Crippen LogP contribution in [0.3, 0.4) is 0 Å². The van der Waals surface area contributed by atoms with Crippen LogP contribution in [0, 0.1) is 11.8 Å². The van der Waals surface area contributed by atoms with Gasteiger partial charge in [0.05, 0.1) is 58.9 Å². The van der Waals surface area contributed by atoms with Crippen molar-refractivity contribution in [2.75, 3.05) is 72.9 Å². The second kappa shape index (κ2) is 16.2. The Bertz CT molecular complexity index is 2680. The highest BCUT2D eigenvalue weighted by atomic mass is 35.5. The van der Waals surface area contributed by atoms with E-state index < -0.39 is 30.0 Å². The van der Waals surface area contributed by atoms with Crippen molar-refractivity contribution in [3.05, 3.63) is 63.7 Å². The number of imide groups is 1. The third kappa shape index (κ3) is 7.69. The van der Waals surface area contributed by atoms with Gasteiger partial charge in [-0.1, -0.05) is 23.7 Å². The lowest BCUT2D eigenvalue weighted by atomic mass is 9.92. The number of nitrogens with one attached hydrogen (secondary N) is 3. The number of halogens is 3. The number of ether oxygens (including phenoxy) is 1. The topological polar surface area (TPSA) is 175 Å². The van der Waals surface area contributed by atoms with Gasteiger partial charge in [-0.15, -0.1) is 0 Å². The van der Waals surface area contributed by atoms with E-state index in [1.54, 1.807) is 31.4 Å². The van der Waals surface area contributed by atoms with Crippen molar-refractivity contribution in [3.8, 4) is 5.75 Å². The van der Waals surface area contributed by atoms with Gasteiger partial charge < -0.3 is 34.8 Å². The summed E-state index contributed by atoms with van der Waals surface area (Å²) in [4.78, 5) is 54.1. The van der Waals surface area contributed by atoms with E-state index in [-0.39, 0.29) is 48.2 Å². The van der Waals surface area contributed by atoms with Crippen molar-refractivity contribution >= 4 is 74.0 Å². The molecule has 0 radical (unpaired) electrons. The Labute approximate surface area is 366 Å². The van der Waals surface area contributed by atoms with Crippen LogP contribution in [0.4, 0.5) is 37.6 Å². The van der Waals surface area contributed by atoms with E-state index in [4.69, 9.17) is 26.4 Å². The number of nitrogens with zero attached hydrogens (tertiary/aromatic N) is 8. The van der Waals surface area contributed by atoms with Crippen LogP contribution in [-0.2, 0) is 23.7 Å². The first-order chi connectivity index (χ1) is 30.4. The molecule has 4 aliphatic heterocycles. The molecule has 5 aromatic rings. The minimum atomic E-state index is -3.14. The fraction of sp³-hybridized carbons (Fsp3) is 0.500. The van der Waals surface area contributed by atoms with Gasteiger partial charge >= 0.3 is 5.92 Å². The van der Waals surface area contributed by atoms with Gasteiger partial charge in [-0.2, -0.15) is 10.1 Å². The van der Waals surface area contributed by atoms with Crippen LogP contribution in [0.1, 0.15) is 50.1 Å². The number of carbonyl (C=O) groups excluding carboxylic acids is 2. The second-order valence-corrected chi connectivity index (χ2v) is 18.1. The van der Waals surface area contributed by atoms with Crippen molar-refractivity contribution in [2.24, 2.45) is 25.9 Å². The van der Waals surface area contributed by atoms with Crippen molar-refractivity contribution in [1.82, 2.24) is 34.5 Å². The SMILES string of the molecule is Cn1nc(C2CCC(=O)NC2=O)c2cccc(N3CCN(CC4CCN(c5ncc(Cl)c(Nc6ccc7c(c6)c6c(c(=O)n7C)OCC(F)(F)[C@H](C7CC7)N6)n5)CC4)[C@H](CO)C3)c21. The number of para-hydroxylation sites is 1. The lowest BCUT2D eigenvalue weighted by Gasteiger charge is -2.44. The number of aromatic nitrogens is 5. The normalized spacial score (nSPS) is 23.3. The quantitative estimate of drug-likeness (QED) is 0.150. The first-order valence-corrected chi connectivity index (χ1v) is 22.1. The number of aliphatic hydroxyl groups excluding tert-OH is 1. The summed E-state index contributed by atoms with van der Waals surface area (Å²) >= 11 is 6.64. The molecule has 2 amide bonds. The van der Waals surface area contributed by atoms with Gasteiger partial charge in [-0.25, -0.2) is 13.8 Å². The highest BCUT2D eigenvalue weighted by Gasteiger charge is 2.51. The van der Waals surface area contributed by atoms with Crippen LogP contribution in [0.5, 0.6) is 5.75 Å². The number of anilines is 5. The molecule has 3 aromatic heterocycles. The third-order valence-electron chi connectivity index (χ3n) is 13.6. The van der Waals surface area contributed by atoms with E-state index in [1.165, 1.54) is 4.57 Å². The molecule has 1 aliphatic carbocycles. The molecular formula is C44H50ClF2N11O5. The van der Waals surface area contributed by atoms with Gasteiger partial charge in [0.15, 0.2) is 12.4 Å². The average molecular weight is 886 g/mol. The molecule has 2 aromatic carbocycles. The molecule has 5 aliphatic rings. The summed E-state index contributed by atoms with van der Waals surface area (Å²) in [5.74, 6) is -3.17. The monoisotopic (exact) mass is 885 g/mol. The number of benzene rings is 2. The molecule has 4 N–H and O–H groups in total. The molecular weight excluding hydrogens is 836 g/mol. The number of fused-ring (bicyclic) bond motifs is 4. The van der Waals surface area contributed by atoms with Crippen LogP contribution >= 0.6 is 11.6 Å².